The van der Waals surface area contributed by atoms with Crippen LogP contribution in [0.15, 0.2) is 0 Å². The first-order chi connectivity index (χ1) is 7.47. The maximum Gasteiger partial charge on any atom is 0.296 e. The Hall–Kier alpha value is -1.05. The highest BCUT2D eigenvalue weighted by atomic mass is 16.1. The zero-order valence-corrected chi connectivity index (χ0v) is 10.4. The van der Waals surface area contributed by atoms with Crippen LogP contribution in [0.3, 0.4) is 0 Å². The molecule has 0 aliphatic carbocycles. The third-order valence-electron chi connectivity index (χ3n) is 2.20. The average molecular weight is 223 g/mol. The predicted octanol–water partition coefficient (Wildman–Crippen LogP) is -0.190. The van der Waals surface area contributed by atoms with Gasteiger partial charge in [-0.3, -0.25) is 9.69 Å². The Balaban J connectivity index is 2.28. The van der Waals surface area contributed by atoms with Gasteiger partial charge in [-0.2, -0.15) is 0 Å². The molecule has 0 spiro atoms. The summed E-state index contributed by atoms with van der Waals surface area (Å²) in [5.41, 5.74) is -0.208. The molecule has 90 valence electrons. The van der Waals surface area contributed by atoms with Gasteiger partial charge in [0, 0.05) is 31.7 Å². The van der Waals surface area contributed by atoms with E-state index in [1.54, 1.807) is 0 Å². The zero-order chi connectivity index (χ0) is 12.0. The van der Waals surface area contributed by atoms with Crippen LogP contribution < -0.4 is 10.6 Å². The molecular weight excluding hydrogens is 202 g/mol. The lowest BCUT2D eigenvalue weighted by Crippen LogP contribution is -2.43. The summed E-state index contributed by atoms with van der Waals surface area (Å²) in [6, 6.07) is 0. The third-order valence-corrected chi connectivity index (χ3v) is 2.20. The highest BCUT2D eigenvalue weighted by Gasteiger charge is 2.11. The minimum Gasteiger partial charge on any atom is -0.341 e. The molecule has 0 aromatic carbocycles. The Labute approximate surface area is 97.8 Å². The first-order valence-electron chi connectivity index (χ1n) is 5.71. The van der Waals surface area contributed by atoms with Crippen LogP contribution in [0.25, 0.3) is 0 Å². The van der Waals surface area contributed by atoms with Crippen molar-refractivity contribution in [2.75, 3.05) is 32.7 Å². The van der Waals surface area contributed by atoms with Gasteiger partial charge in [-0.05, 0) is 26.7 Å². The fraction of sp³-hybridized carbons (Fsp3) is 0.750. The second kappa shape index (κ2) is 5.88. The van der Waals surface area contributed by atoms with E-state index in [1.807, 2.05) is 20.8 Å². The molecule has 4 nitrogen and oxygen atoms in total. The molecule has 1 fully saturated rings. The summed E-state index contributed by atoms with van der Waals surface area (Å²) in [7, 11) is 0. The Morgan fingerprint density at radius 2 is 2.00 bits per heavy atom. The van der Waals surface area contributed by atoms with Gasteiger partial charge in [0.1, 0.15) is 0 Å². The summed E-state index contributed by atoms with van der Waals surface area (Å²) in [5.74, 6) is 5.35. The number of amides is 1. The SMILES string of the molecule is CC(C)(C)NC(=O)C#CCN1CCNCC1. The molecule has 0 atom stereocenters. The molecule has 1 heterocycles. The van der Waals surface area contributed by atoms with Crippen LogP contribution in [0.4, 0.5) is 0 Å². The molecule has 0 radical (unpaired) electrons. The average Bonchev–Trinajstić information content (AvgIpc) is 2.16. The molecule has 0 bridgehead atoms. The fourth-order valence-electron chi connectivity index (χ4n) is 1.47. The van der Waals surface area contributed by atoms with Crippen molar-refractivity contribution in [3.63, 3.8) is 0 Å². The van der Waals surface area contributed by atoms with Crippen molar-refractivity contribution in [1.29, 1.82) is 0 Å². The van der Waals surface area contributed by atoms with Gasteiger partial charge in [-0.1, -0.05) is 5.92 Å². The van der Waals surface area contributed by atoms with E-state index in [4.69, 9.17) is 0 Å². The van der Waals surface area contributed by atoms with Crippen molar-refractivity contribution in [1.82, 2.24) is 15.5 Å². The van der Waals surface area contributed by atoms with Crippen LogP contribution in [0.2, 0.25) is 0 Å². The Morgan fingerprint density at radius 1 is 1.38 bits per heavy atom. The largest absolute Gasteiger partial charge is 0.341 e. The van der Waals surface area contributed by atoms with E-state index in [0.717, 1.165) is 26.2 Å². The molecule has 0 unspecified atom stereocenters. The maximum atomic E-state index is 11.4. The summed E-state index contributed by atoms with van der Waals surface area (Å²) in [5, 5.41) is 6.09. The van der Waals surface area contributed by atoms with Crippen LogP contribution in [-0.2, 0) is 4.79 Å². The molecule has 1 aliphatic heterocycles. The molecule has 1 aliphatic rings. The van der Waals surface area contributed by atoms with Crippen molar-refractivity contribution in [2.24, 2.45) is 0 Å². The Bertz CT molecular complexity index is 290. The number of nitrogens with zero attached hydrogens (tertiary/aromatic N) is 1. The quantitative estimate of drug-likeness (QED) is 0.606. The van der Waals surface area contributed by atoms with Crippen molar-refractivity contribution < 1.29 is 4.79 Å². The highest BCUT2D eigenvalue weighted by Crippen LogP contribution is 1.97. The summed E-state index contributed by atoms with van der Waals surface area (Å²) in [6.07, 6.45) is 0. The summed E-state index contributed by atoms with van der Waals surface area (Å²) in [4.78, 5) is 13.6. The lowest BCUT2D eigenvalue weighted by molar-refractivity contribution is -0.117. The van der Waals surface area contributed by atoms with Gasteiger partial charge in [0.25, 0.3) is 5.91 Å². The van der Waals surface area contributed by atoms with Gasteiger partial charge < -0.3 is 10.6 Å². The lowest BCUT2D eigenvalue weighted by Gasteiger charge is -2.24. The van der Waals surface area contributed by atoms with E-state index < -0.39 is 0 Å². The Kier molecular flexibility index (Phi) is 4.78. The first kappa shape index (κ1) is 13.0. The van der Waals surface area contributed by atoms with Crippen LogP contribution in [-0.4, -0.2) is 49.1 Å². The van der Waals surface area contributed by atoms with E-state index in [1.165, 1.54) is 0 Å². The summed E-state index contributed by atoms with van der Waals surface area (Å²) < 4.78 is 0. The minimum absolute atomic E-state index is 0.192. The van der Waals surface area contributed by atoms with E-state index in [0.29, 0.717) is 6.54 Å². The van der Waals surface area contributed by atoms with Gasteiger partial charge in [0.2, 0.25) is 0 Å². The van der Waals surface area contributed by atoms with Crippen molar-refractivity contribution in [3.05, 3.63) is 0 Å². The van der Waals surface area contributed by atoms with Crippen molar-refractivity contribution in [2.45, 2.75) is 26.3 Å². The summed E-state index contributed by atoms with van der Waals surface area (Å²) in [6.45, 7) is 10.6. The van der Waals surface area contributed by atoms with Crippen LogP contribution in [0, 0.1) is 11.8 Å². The van der Waals surface area contributed by atoms with Crippen LogP contribution in [0.5, 0.6) is 0 Å². The number of nitrogens with one attached hydrogen (secondary N) is 2. The monoisotopic (exact) mass is 223 g/mol. The smallest absolute Gasteiger partial charge is 0.296 e. The van der Waals surface area contributed by atoms with Gasteiger partial charge in [0.15, 0.2) is 0 Å². The standard InChI is InChI=1S/C12H21N3O/c1-12(2,3)14-11(16)5-4-8-15-9-6-13-7-10-15/h13H,6-10H2,1-3H3,(H,14,16). The molecule has 1 rings (SSSR count). The van der Waals surface area contributed by atoms with Gasteiger partial charge in [0.05, 0.1) is 6.54 Å². The molecule has 4 heteroatoms. The molecule has 0 aromatic rings. The van der Waals surface area contributed by atoms with Crippen molar-refractivity contribution >= 4 is 5.91 Å². The number of rotatable bonds is 1. The molecule has 1 amide bonds. The molecule has 1 saturated heterocycles. The van der Waals surface area contributed by atoms with Gasteiger partial charge in [-0.15, -0.1) is 0 Å². The number of hydrogen-bond acceptors (Lipinski definition) is 3. The van der Waals surface area contributed by atoms with E-state index in [-0.39, 0.29) is 11.4 Å². The third kappa shape index (κ3) is 5.74. The molecular formula is C12H21N3O. The lowest BCUT2D eigenvalue weighted by atomic mass is 10.1. The fourth-order valence-corrected chi connectivity index (χ4v) is 1.47. The van der Waals surface area contributed by atoms with E-state index in [2.05, 4.69) is 27.4 Å². The van der Waals surface area contributed by atoms with Gasteiger partial charge in [-0.25, -0.2) is 0 Å². The normalized spacial score (nSPS) is 17.4. The first-order valence-corrected chi connectivity index (χ1v) is 5.71. The second-order valence-corrected chi connectivity index (χ2v) is 5.03. The highest BCUT2D eigenvalue weighted by molar-refractivity contribution is 5.93. The minimum atomic E-state index is -0.208. The van der Waals surface area contributed by atoms with E-state index >= 15 is 0 Å². The van der Waals surface area contributed by atoms with E-state index in [9.17, 15) is 4.79 Å². The van der Waals surface area contributed by atoms with Crippen LogP contribution >= 0.6 is 0 Å². The van der Waals surface area contributed by atoms with Crippen LogP contribution in [0.1, 0.15) is 20.8 Å². The van der Waals surface area contributed by atoms with Gasteiger partial charge >= 0.3 is 0 Å². The second-order valence-electron chi connectivity index (χ2n) is 5.03. The number of piperazine rings is 1. The maximum absolute atomic E-state index is 11.4. The number of carbonyl (C=O) groups excluding carboxylic acids is 1. The molecule has 16 heavy (non-hydrogen) atoms. The molecule has 2 N–H and O–H groups in total. The summed E-state index contributed by atoms with van der Waals surface area (Å²) >= 11 is 0. The Morgan fingerprint density at radius 3 is 2.56 bits per heavy atom. The number of hydrogen-bond donors (Lipinski definition) is 2. The van der Waals surface area contributed by atoms with Crippen molar-refractivity contribution in [3.8, 4) is 11.8 Å². The zero-order valence-electron chi connectivity index (χ0n) is 10.4. The molecule has 0 saturated carbocycles. The topological polar surface area (TPSA) is 44.4 Å². The number of carbonyl (C=O) groups is 1. The molecule has 0 aromatic heterocycles. The predicted molar refractivity (Wildman–Crippen MR) is 65.0 cm³/mol.